The van der Waals surface area contributed by atoms with Gasteiger partial charge >= 0.3 is 6.18 Å². The molecule has 20 heavy (non-hydrogen) atoms. The average molecular weight is 317 g/mol. The van der Waals surface area contributed by atoms with E-state index in [4.69, 9.17) is 0 Å². The van der Waals surface area contributed by atoms with Crippen LogP contribution in [0, 0.1) is 5.92 Å². The molecule has 1 saturated heterocycles. The van der Waals surface area contributed by atoms with Crippen LogP contribution in [0.3, 0.4) is 0 Å². The van der Waals surface area contributed by atoms with Gasteiger partial charge in [0.15, 0.2) is 5.60 Å². The maximum absolute atomic E-state index is 12.6. The molecule has 0 aromatic carbocycles. The molecule has 0 aliphatic carbocycles. The van der Waals surface area contributed by atoms with Gasteiger partial charge in [-0.15, -0.1) is 0 Å². The van der Waals surface area contributed by atoms with Gasteiger partial charge in [-0.2, -0.15) is 13.2 Å². The van der Waals surface area contributed by atoms with Crippen molar-refractivity contribution in [2.24, 2.45) is 5.92 Å². The first-order valence-corrected chi connectivity index (χ1v) is 8.39. The number of nitrogens with zero attached hydrogens (tertiary/aromatic N) is 1. The van der Waals surface area contributed by atoms with Crippen LogP contribution in [-0.4, -0.2) is 48.4 Å². The molecule has 0 bridgehead atoms. The molecule has 1 N–H and O–H groups in total. The first-order chi connectivity index (χ1) is 9.02. The Labute approximate surface area is 118 Å². The molecule has 1 aliphatic rings. The largest absolute Gasteiger partial charge is 0.417 e. The normalized spacial score (nSPS) is 22.7. The van der Waals surface area contributed by atoms with Gasteiger partial charge in [-0.3, -0.25) is 0 Å². The minimum absolute atomic E-state index is 0.0200. The summed E-state index contributed by atoms with van der Waals surface area (Å²) in [6, 6.07) is 0. The maximum atomic E-state index is 12.6. The van der Waals surface area contributed by atoms with Crippen molar-refractivity contribution < 1.29 is 26.7 Å². The lowest BCUT2D eigenvalue weighted by atomic mass is 9.92. The van der Waals surface area contributed by atoms with E-state index in [1.807, 2.05) is 13.8 Å². The van der Waals surface area contributed by atoms with Crippen LogP contribution >= 0.6 is 0 Å². The van der Waals surface area contributed by atoms with Gasteiger partial charge in [0, 0.05) is 13.1 Å². The van der Waals surface area contributed by atoms with E-state index in [1.165, 1.54) is 0 Å². The highest BCUT2D eigenvalue weighted by molar-refractivity contribution is 7.89. The molecule has 4 nitrogen and oxygen atoms in total. The van der Waals surface area contributed by atoms with Gasteiger partial charge in [-0.05, 0) is 25.2 Å². The van der Waals surface area contributed by atoms with Crippen LogP contribution < -0.4 is 0 Å². The average Bonchev–Trinajstić information content (AvgIpc) is 2.27. The van der Waals surface area contributed by atoms with Crippen LogP contribution in [0.15, 0.2) is 0 Å². The van der Waals surface area contributed by atoms with Crippen molar-refractivity contribution in [1.82, 2.24) is 4.31 Å². The zero-order chi connectivity index (χ0) is 15.6. The second-order valence-corrected chi connectivity index (χ2v) is 7.61. The Morgan fingerprint density at radius 3 is 2.20 bits per heavy atom. The molecule has 1 heterocycles. The van der Waals surface area contributed by atoms with Gasteiger partial charge in [-0.1, -0.05) is 20.3 Å². The van der Waals surface area contributed by atoms with Crippen LogP contribution in [0.1, 0.15) is 39.5 Å². The quantitative estimate of drug-likeness (QED) is 0.845. The highest BCUT2D eigenvalue weighted by Crippen LogP contribution is 2.38. The van der Waals surface area contributed by atoms with Crippen LogP contribution in [0.2, 0.25) is 0 Å². The summed E-state index contributed by atoms with van der Waals surface area (Å²) in [6.45, 7) is 3.21. The van der Waals surface area contributed by atoms with E-state index >= 15 is 0 Å². The van der Waals surface area contributed by atoms with E-state index in [0.717, 1.165) is 17.1 Å². The number of sulfonamides is 1. The SMILES string of the molecule is CCCC(C)CS(=O)(=O)N1CCC(O)(C(F)(F)F)CC1. The first kappa shape index (κ1) is 17.7. The molecule has 0 spiro atoms. The number of hydrogen-bond acceptors (Lipinski definition) is 3. The molecule has 0 radical (unpaired) electrons. The number of rotatable bonds is 5. The summed E-state index contributed by atoms with van der Waals surface area (Å²) in [7, 11) is -3.55. The zero-order valence-corrected chi connectivity index (χ0v) is 12.6. The van der Waals surface area contributed by atoms with E-state index in [2.05, 4.69) is 0 Å². The lowest BCUT2D eigenvalue weighted by molar-refractivity contribution is -0.270. The monoisotopic (exact) mass is 317 g/mol. The van der Waals surface area contributed by atoms with Crippen LogP contribution in [0.25, 0.3) is 0 Å². The summed E-state index contributed by atoms with van der Waals surface area (Å²) in [5.41, 5.74) is -2.76. The van der Waals surface area contributed by atoms with Gasteiger partial charge in [-0.25, -0.2) is 12.7 Å². The smallest absolute Gasteiger partial charge is 0.380 e. The Bertz CT molecular complexity index is 414. The third kappa shape index (κ3) is 4.08. The zero-order valence-electron chi connectivity index (χ0n) is 11.8. The van der Waals surface area contributed by atoms with Gasteiger partial charge in [0.25, 0.3) is 0 Å². The highest BCUT2D eigenvalue weighted by Gasteiger charge is 2.55. The second-order valence-electron chi connectivity index (χ2n) is 5.60. The van der Waals surface area contributed by atoms with Crippen molar-refractivity contribution in [3.05, 3.63) is 0 Å². The molecule has 1 atom stereocenters. The first-order valence-electron chi connectivity index (χ1n) is 6.79. The second kappa shape index (κ2) is 6.19. The Balaban J connectivity index is 2.65. The number of halogens is 3. The molecular weight excluding hydrogens is 295 g/mol. The fourth-order valence-electron chi connectivity index (χ4n) is 2.46. The van der Waals surface area contributed by atoms with E-state index in [1.54, 1.807) is 0 Å². The number of alkyl halides is 3. The van der Waals surface area contributed by atoms with E-state index in [0.29, 0.717) is 0 Å². The summed E-state index contributed by atoms with van der Waals surface area (Å²) in [5.74, 6) is -0.0703. The van der Waals surface area contributed by atoms with Crippen molar-refractivity contribution in [3.8, 4) is 0 Å². The Morgan fingerprint density at radius 2 is 1.80 bits per heavy atom. The molecular formula is C12H22F3NO3S. The molecule has 120 valence electrons. The number of piperidine rings is 1. The lowest BCUT2D eigenvalue weighted by Crippen LogP contribution is -2.54. The van der Waals surface area contributed by atoms with Crippen molar-refractivity contribution in [3.63, 3.8) is 0 Å². The molecule has 0 aromatic rings. The maximum Gasteiger partial charge on any atom is 0.417 e. The van der Waals surface area contributed by atoms with Crippen molar-refractivity contribution >= 4 is 10.0 Å². The number of hydrogen-bond donors (Lipinski definition) is 1. The van der Waals surface area contributed by atoms with Gasteiger partial charge < -0.3 is 5.11 Å². The van der Waals surface area contributed by atoms with Crippen molar-refractivity contribution in [1.29, 1.82) is 0 Å². The van der Waals surface area contributed by atoms with Gasteiger partial charge in [0.05, 0.1) is 5.75 Å². The minimum atomic E-state index is -4.71. The minimum Gasteiger partial charge on any atom is -0.380 e. The Hall–Kier alpha value is -0.340. The van der Waals surface area contributed by atoms with Crippen LogP contribution in [0.4, 0.5) is 13.2 Å². The molecule has 0 saturated carbocycles. The highest BCUT2D eigenvalue weighted by atomic mass is 32.2. The summed E-state index contributed by atoms with van der Waals surface area (Å²) < 4.78 is 63.2. The van der Waals surface area contributed by atoms with E-state index < -0.39 is 34.6 Å². The third-order valence-electron chi connectivity index (χ3n) is 3.75. The molecule has 1 unspecified atom stereocenters. The predicted molar refractivity (Wildman–Crippen MR) is 69.7 cm³/mol. The summed E-state index contributed by atoms with van der Waals surface area (Å²) in [4.78, 5) is 0. The molecule has 1 fully saturated rings. The Morgan fingerprint density at radius 1 is 1.30 bits per heavy atom. The molecule has 1 aliphatic heterocycles. The predicted octanol–water partition coefficient (Wildman–Crippen LogP) is 2.14. The summed E-state index contributed by atoms with van der Waals surface area (Å²) in [6.07, 6.45) is -4.28. The third-order valence-corrected chi connectivity index (χ3v) is 5.89. The number of aliphatic hydroxyl groups is 1. The van der Waals surface area contributed by atoms with Crippen LogP contribution in [0.5, 0.6) is 0 Å². The fourth-order valence-corrected chi connectivity index (χ4v) is 4.29. The molecule has 1 rings (SSSR count). The summed E-state index contributed by atoms with van der Waals surface area (Å²) in [5, 5.41) is 9.51. The van der Waals surface area contributed by atoms with E-state index in [-0.39, 0.29) is 24.8 Å². The molecule has 0 amide bonds. The topological polar surface area (TPSA) is 57.6 Å². The molecule has 8 heteroatoms. The summed E-state index contributed by atoms with van der Waals surface area (Å²) >= 11 is 0. The Kier molecular flexibility index (Phi) is 5.48. The van der Waals surface area contributed by atoms with Crippen molar-refractivity contribution in [2.75, 3.05) is 18.8 Å². The fraction of sp³-hybridized carbons (Fsp3) is 1.00. The van der Waals surface area contributed by atoms with Crippen LogP contribution in [-0.2, 0) is 10.0 Å². The lowest BCUT2D eigenvalue weighted by Gasteiger charge is -2.38. The van der Waals surface area contributed by atoms with E-state index in [9.17, 15) is 26.7 Å². The van der Waals surface area contributed by atoms with Crippen molar-refractivity contribution in [2.45, 2.75) is 51.3 Å². The molecule has 0 aromatic heterocycles. The van der Waals surface area contributed by atoms with Gasteiger partial charge in [0.1, 0.15) is 0 Å². The standard InChI is InChI=1S/C12H22F3NO3S/c1-3-4-10(2)9-20(18,19)16-7-5-11(17,6-8-16)12(13,14)15/h10,17H,3-9H2,1-2H3. The van der Waals surface area contributed by atoms with Gasteiger partial charge in [0.2, 0.25) is 10.0 Å².